The number of piperidine rings is 1. The quantitative estimate of drug-likeness (QED) is 0.724. The van der Waals surface area contributed by atoms with E-state index >= 15 is 0 Å². The van der Waals surface area contributed by atoms with E-state index in [1.807, 2.05) is 32.0 Å². The normalized spacial score (nSPS) is 17.7. The van der Waals surface area contributed by atoms with Crippen LogP contribution in [-0.2, 0) is 26.0 Å². The molecule has 33 heavy (non-hydrogen) atoms. The molecule has 4 rings (SSSR count). The van der Waals surface area contributed by atoms with Crippen molar-refractivity contribution in [2.75, 3.05) is 29.9 Å². The molecule has 2 amide bonds. The van der Waals surface area contributed by atoms with Gasteiger partial charge in [0.25, 0.3) is 0 Å². The fourth-order valence-electron chi connectivity index (χ4n) is 4.41. The minimum absolute atomic E-state index is 0.116. The van der Waals surface area contributed by atoms with Crippen LogP contribution < -0.4 is 10.2 Å². The summed E-state index contributed by atoms with van der Waals surface area (Å²) in [4.78, 5) is 27.0. The van der Waals surface area contributed by atoms with Crippen molar-refractivity contribution < 1.29 is 18.0 Å². The topological polar surface area (TPSA) is 86.8 Å². The molecule has 176 valence electrons. The van der Waals surface area contributed by atoms with E-state index in [9.17, 15) is 18.0 Å². The van der Waals surface area contributed by atoms with Crippen molar-refractivity contribution in [3.63, 3.8) is 0 Å². The first-order chi connectivity index (χ1) is 15.6. The van der Waals surface area contributed by atoms with E-state index in [1.165, 1.54) is 4.90 Å². The number of aryl methyl sites for hydroxylation is 3. The third-order valence-electron chi connectivity index (χ3n) is 6.72. The van der Waals surface area contributed by atoms with Gasteiger partial charge >= 0.3 is 0 Å². The zero-order chi connectivity index (χ0) is 23.8. The van der Waals surface area contributed by atoms with Crippen LogP contribution in [0.15, 0.2) is 41.3 Å². The number of carbonyl (C=O) groups is 2. The Balaban J connectivity index is 1.52. The third-order valence-corrected chi connectivity index (χ3v) is 8.62. The van der Waals surface area contributed by atoms with Crippen LogP contribution >= 0.6 is 0 Å². The molecule has 7 nitrogen and oxygen atoms in total. The molecule has 0 saturated carbocycles. The highest BCUT2D eigenvalue weighted by Crippen LogP contribution is 2.32. The number of nitrogens with one attached hydrogen (secondary N) is 1. The maximum atomic E-state index is 13.1. The molecule has 8 heteroatoms. The van der Waals surface area contributed by atoms with Crippen LogP contribution in [0.5, 0.6) is 0 Å². The number of fused-ring (bicyclic) bond motifs is 1. The molecule has 2 aromatic rings. The van der Waals surface area contributed by atoms with E-state index in [0.29, 0.717) is 36.8 Å². The summed E-state index contributed by atoms with van der Waals surface area (Å²) in [5.41, 5.74) is 4.28. The van der Waals surface area contributed by atoms with Crippen LogP contribution in [0, 0.1) is 19.8 Å². The first-order valence-electron chi connectivity index (χ1n) is 11.5. The Morgan fingerprint density at radius 1 is 1.03 bits per heavy atom. The lowest BCUT2D eigenvalue weighted by molar-refractivity contribution is -0.121. The number of anilines is 2. The molecular weight excluding hydrogens is 438 g/mol. The Kier molecular flexibility index (Phi) is 6.59. The highest BCUT2D eigenvalue weighted by atomic mass is 32.2. The van der Waals surface area contributed by atoms with Gasteiger partial charge in [-0.15, -0.1) is 0 Å². The molecule has 1 fully saturated rings. The van der Waals surface area contributed by atoms with Gasteiger partial charge in [-0.3, -0.25) is 9.59 Å². The van der Waals surface area contributed by atoms with E-state index in [1.54, 1.807) is 22.5 Å². The summed E-state index contributed by atoms with van der Waals surface area (Å²) in [6.07, 6.45) is 2.43. The number of hydrogen-bond acceptors (Lipinski definition) is 4. The molecule has 1 N–H and O–H groups in total. The predicted molar refractivity (Wildman–Crippen MR) is 129 cm³/mol. The summed E-state index contributed by atoms with van der Waals surface area (Å²) in [6, 6.07) is 10.6. The zero-order valence-electron chi connectivity index (χ0n) is 19.4. The molecule has 2 aliphatic heterocycles. The molecule has 2 heterocycles. The minimum atomic E-state index is -3.57. The van der Waals surface area contributed by atoms with Gasteiger partial charge in [-0.25, -0.2) is 8.42 Å². The Morgan fingerprint density at radius 2 is 1.76 bits per heavy atom. The summed E-state index contributed by atoms with van der Waals surface area (Å²) in [7, 11) is -3.57. The van der Waals surface area contributed by atoms with Gasteiger partial charge in [0.2, 0.25) is 21.8 Å². The Morgan fingerprint density at radius 3 is 2.45 bits per heavy atom. The van der Waals surface area contributed by atoms with Gasteiger partial charge in [0.15, 0.2) is 0 Å². The number of amides is 2. The van der Waals surface area contributed by atoms with Gasteiger partial charge in [-0.2, -0.15) is 4.31 Å². The van der Waals surface area contributed by atoms with Gasteiger partial charge < -0.3 is 10.2 Å². The average Bonchev–Trinajstić information content (AvgIpc) is 2.78. The lowest BCUT2D eigenvalue weighted by atomic mass is 10.0. The van der Waals surface area contributed by atoms with E-state index in [2.05, 4.69) is 12.2 Å². The molecule has 2 aromatic carbocycles. The predicted octanol–water partition coefficient (Wildman–Crippen LogP) is 3.64. The van der Waals surface area contributed by atoms with Crippen LogP contribution in [-0.4, -0.2) is 44.2 Å². The first-order valence-corrected chi connectivity index (χ1v) is 12.9. The Hall–Kier alpha value is -2.71. The van der Waals surface area contributed by atoms with Gasteiger partial charge in [0, 0.05) is 30.9 Å². The molecular formula is C25H31N3O4S. The van der Waals surface area contributed by atoms with Crippen molar-refractivity contribution in [2.45, 2.75) is 51.3 Å². The van der Waals surface area contributed by atoms with Crippen molar-refractivity contribution in [2.24, 2.45) is 5.92 Å². The number of sulfonamides is 1. The van der Waals surface area contributed by atoms with E-state index in [4.69, 9.17) is 0 Å². The summed E-state index contributed by atoms with van der Waals surface area (Å²) in [5, 5.41) is 2.86. The lowest BCUT2D eigenvalue weighted by Gasteiger charge is -2.31. The van der Waals surface area contributed by atoms with Crippen LogP contribution in [0.3, 0.4) is 0 Å². The van der Waals surface area contributed by atoms with E-state index in [-0.39, 0.29) is 29.7 Å². The first kappa shape index (κ1) is 23.4. The molecule has 0 radical (unpaired) electrons. The molecule has 2 aliphatic rings. The van der Waals surface area contributed by atoms with Gasteiger partial charge in [0.1, 0.15) is 6.54 Å². The molecule has 0 aromatic heterocycles. The van der Waals surface area contributed by atoms with Crippen LogP contribution in [0.1, 0.15) is 42.9 Å². The van der Waals surface area contributed by atoms with Crippen LogP contribution in [0.2, 0.25) is 0 Å². The number of carbonyl (C=O) groups excluding carboxylic acids is 2. The zero-order valence-corrected chi connectivity index (χ0v) is 20.2. The van der Waals surface area contributed by atoms with Crippen molar-refractivity contribution in [1.82, 2.24) is 4.31 Å². The number of benzene rings is 2. The lowest BCUT2D eigenvalue weighted by Crippen LogP contribution is -2.41. The second kappa shape index (κ2) is 9.27. The van der Waals surface area contributed by atoms with Crippen LogP contribution in [0.4, 0.5) is 11.4 Å². The van der Waals surface area contributed by atoms with Crippen molar-refractivity contribution >= 4 is 33.2 Å². The van der Waals surface area contributed by atoms with E-state index in [0.717, 1.165) is 29.5 Å². The fraction of sp³-hybridized carbons (Fsp3) is 0.440. The SMILES string of the molecule is Cc1ccc(NC(=O)CN2C(=O)CCc3cc(S(=O)(=O)N4CCC(C)CC4)ccc32)cc1C. The highest BCUT2D eigenvalue weighted by Gasteiger charge is 2.31. The van der Waals surface area contributed by atoms with Crippen LogP contribution in [0.25, 0.3) is 0 Å². The molecule has 0 unspecified atom stereocenters. The highest BCUT2D eigenvalue weighted by molar-refractivity contribution is 7.89. The molecule has 0 atom stereocenters. The fourth-order valence-corrected chi connectivity index (χ4v) is 5.93. The average molecular weight is 470 g/mol. The summed E-state index contributed by atoms with van der Waals surface area (Å²) in [6.45, 7) is 7.07. The second-order valence-corrected chi connectivity index (χ2v) is 11.1. The largest absolute Gasteiger partial charge is 0.325 e. The Bertz CT molecular complexity index is 1180. The Labute approximate surface area is 195 Å². The second-order valence-electron chi connectivity index (χ2n) is 9.20. The molecule has 0 aliphatic carbocycles. The molecule has 0 bridgehead atoms. The number of rotatable bonds is 5. The third kappa shape index (κ3) is 4.96. The summed E-state index contributed by atoms with van der Waals surface area (Å²) >= 11 is 0. The van der Waals surface area contributed by atoms with Crippen molar-refractivity contribution in [3.05, 3.63) is 53.1 Å². The summed E-state index contributed by atoms with van der Waals surface area (Å²) in [5.74, 6) is 0.103. The standard InChI is InChI=1S/C25H31N3O4S/c1-17-10-12-27(13-11-17)33(31,32)22-7-8-23-20(15-22)5-9-25(30)28(23)16-24(29)26-21-6-4-18(2)19(3)14-21/h4,6-8,14-15,17H,5,9-13,16H2,1-3H3,(H,26,29). The maximum Gasteiger partial charge on any atom is 0.244 e. The van der Waals surface area contributed by atoms with Crippen molar-refractivity contribution in [1.29, 1.82) is 0 Å². The van der Waals surface area contributed by atoms with Crippen molar-refractivity contribution in [3.8, 4) is 0 Å². The number of nitrogens with zero attached hydrogens (tertiary/aromatic N) is 2. The van der Waals surface area contributed by atoms with Gasteiger partial charge in [-0.05, 0) is 86.1 Å². The maximum absolute atomic E-state index is 13.1. The molecule has 1 saturated heterocycles. The van der Waals surface area contributed by atoms with E-state index < -0.39 is 10.0 Å². The minimum Gasteiger partial charge on any atom is -0.325 e. The van der Waals surface area contributed by atoms with Gasteiger partial charge in [-0.1, -0.05) is 13.0 Å². The summed E-state index contributed by atoms with van der Waals surface area (Å²) < 4.78 is 27.8. The van der Waals surface area contributed by atoms with Gasteiger partial charge in [0.05, 0.1) is 4.90 Å². The smallest absolute Gasteiger partial charge is 0.244 e. The number of hydrogen-bond donors (Lipinski definition) is 1. The monoisotopic (exact) mass is 469 g/mol. The molecule has 0 spiro atoms.